The molecule has 1 unspecified atom stereocenters. The van der Waals surface area contributed by atoms with Crippen molar-refractivity contribution < 1.29 is 33.0 Å². The lowest BCUT2D eigenvalue weighted by Gasteiger charge is -2.40. The summed E-state index contributed by atoms with van der Waals surface area (Å²) in [5, 5.41) is 20.8. The highest BCUT2D eigenvalue weighted by Gasteiger charge is 2.37. The normalized spacial score (nSPS) is 19.1. The second kappa shape index (κ2) is 19.1. The van der Waals surface area contributed by atoms with Crippen LogP contribution in [-0.4, -0.2) is 115 Å². The first kappa shape index (κ1) is 47.6. The van der Waals surface area contributed by atoms with Crippen LogP contribution in [0.5, 0.6) is 11.8 Å². The Kier molecular flexibility index (Phi) is 12.4. The molecule has 1 saturated carbocycles. The number of aromatic amines is 1. The molecular weight excluding hydrogens is 934 g/mol. The second-order valence-electron chi connectivity index (χ2n) is 20.0. The number of imidazole rings is 1. The number of methoxy groups -OCH3 is 1. The molecule has 19 heteroatoms. The number of carbonyl (C=O) groups excluding carboxylic acids is 3. The van der Waals surface area contributed by atoms with E-state index in [4.69, 9.17) is 24.2 Å². The number of benzene rings is 4. The number of rotatable bonds is 14. The quantitative estimate of drug-likeness (QED) is 0.113. The maximum atomic E-state index is 16.0. The summed E-state index contributed by atoms with van der Waals surface area (Å²) in [6.45, 7) is 9.39. The van der Waals surface area contributed by atoms with Gasteiger partial charge in [-0.25, -0.2) is 9.18 Å². The summed E-state index contributed by atoms with van der Waals surface area (Å²) in [6.07, 6.45) is 3.80. The Morgan fingerprint density at radius 2 is 1.73 bits per heavy atom. The van der Waals surface area contributed by atoms with Gasteiger partial charge in [0.1, 0.15) is 36.4 Å². The van der Waals surface area contributed by atoms with Gasteiger partial charge in [-0.2, -0.15) is 20.3 Å². The Bertz CT molecular complexity index is 3460. The van der Waals surface area contributed by atoms with Crippen molar-refractivity contribution in [1.29, 1.82) is 5.26 Å². The molecule has 73 heavy (non-hydrogen) atoms. The summed E-state index contributed by atoms with van der Waals surface area (Å²) in [5.74, 6) is -0.145. The monoisotopic (exact) mass is 989 g/mol. The lowest BCUT2D eigenvalue weighted by molar-refractivity contribution is -0.135. The Morgan fingerprint density at radius 1 is 0.945 bits per heavy atom. The third-order valence-corrected chi connectivity index (χ3v) is 15.0. The van der Waals surface area contributed by atoms with Crippen molar-refractivity contribution in [1.82, 2.24) is 44.4 Å². The Hall–Kier alpha value is -7.69. The largest absolute Gasteiger partial charge is 0.486 e. The van der Waals surface area contributed by atoms with Gasteiger partial charge in [0, 0.05) is 93.4 Å². The highest BCUT2D eigenvalue weighted by Crippen LogP contribution is 2.53. The van der Waals surface area contributed by atoms with E-state index in [1.165, 1.54) is 10.6 Å². The minimum Gasteiger partial charge on any atom is -0.486 e. The number of piperidine rings is 1. The van der Waals surface area contributed by atoms with E-state index >= 15 is 4.39 Å². The second-order valence-corrected chi connectivity index (χ2v) is 20.0. The number of aryl methyl sites for hydroxylation is 1. The number of carbonyl (C=O) groups is 3. The number of nitriles is 1. The van der Waals surface area contributed by atoms with Gasteiger partial charge < -0.3 is 24.0 Å². The molecule has 0 radical (unpaired) electrons. The maximum absolute atomic E-state index is 16.0. The lowest BCUT2D eigenvalue weighted by Crippen LogP contribution is -2.53. The van der Waals surface area contributed by atoms with Gasteiger partial charge in [-0.15, -0.1) is 0 Å². The summed E-state index contributed by atoms with van der Waals surface area (Å²) in [6, 6.07) is 18.4. The van der Waals surface area contributed by atoms with E-state index in [-0.39, 0.29) is 79.4 Å². The third kappa shape index (κ3) is 8.81. The molecule has 0 bridgehead atoms. The lowest BCUT2D eigenvalue weighted by atomic mass is 9.88. The minimum atomic E-state index is -0.752. The number of nitrogens with one attached hydrogen (secondary N) is 2. The van der Waals surface area contributed by atoms with Crippen molar-refractivity contribution in [2.75, 3.05) is 51.3 Å². The third-order valence-electron chi connectivity index (χ3n) is 15.0. The summed E-state index contributed by atoms with van der Waals surface area (Å²) in [7, 11) is 3.29. The van der Waals surface area contributed by atoms with Gasteiger partial charge in [-0.3, -0.25) is 38.8 Å². The number of piperazine rings is 1. The molecule has 0 spiro atoms. The number of fused-ring (bicyclic) bond motifs is 3. The number of imide groups is 1. The molecule has 4 aromatic carbocycles. The highest BCUT2D eigenvalue weighted by molar-refractivity contribution is 6.06. The Labute approximate surface area is 419 Å². The standard InChI is InChI=1S/C54H56FN11O7/c1-29-23-63(24-33-8-13-42-44(18-33)62(4)54(70)66(42)43-14-15-45(67)58-51(43)68)16-17-65(29)52(69)36-9-6-32(7-10-36)28-72-49-47(46-31(3)40(55)20-41-39(46)22-57-61-41)37(35-11-12-35)19-38-48(49)59-53(73-27-30(2)71-5)60-50(38)64-25-34(21-56)26-64/h6-10,13,18-20,22,29-30,34-35,43H,11-12,14-17,23-28H2,1-5H3,(H,57,61)(H,58,67,68)/t29-,30-,43?/m0/s1. The van der Waals surface area contributed by atoms with E-state index in [2.05, 4.69) is 37.4 Å². The van der Waals surface area contributed by atoms with Gasteiger partial charge in [0.2, 0.25) is 11.8 Å². The number of nitrogens with zero attached hydrogens (tertiary/aromatic N) is 9. The zero-order valence-electron chi connectivity index (χ0n) is 41.4. The van der Waals surface area contributed by atoms with Crippen LogP contribution in [0.1, 0.15) is 84.1 Å². The zero-order valence-corrected chi connectivity index (χ0v) is 41.4. The average Bonchev–Trinajstić information content (AvgIpc) is 4.07. The number of hydrogen-bond donors (Lipinski definition) is 2. The van der Waals surface area contributed by atoms with Gasteiger partial charge in [-0.1, -0.05) is 18.2 Å². The van der Waals surface area contributed by atoms with Crippen LogP contribution in [0.15, 0.2) is 65.6 Å². The molecular formula is C54H56FN11O7. The molecule has 4 fully saturated rings. The molecule has 18 nitrogen and oxygen atoms in total. The number of ether oxygens (including phenoxy) is 3. The molecule has 2 N–H and O–H groups in total. The summed E-state index contributed by atoms with van der Waals surface area (Å²) >= 11 is 0. The van der Waals surface area contributed by atoms with E-state index in [9.17, 15) is 24.4 Å². The fourth-order valence-electron chi connectivity index (χ4n) is 10.7. The molecule has 3 aromatic heterocycles. The van der Waals surface area contributed by atoms with Crippen LogP contribution in [-0.2, 0) is 34.5 Å². The highest BCUT2D eigenvalue weighted by atomic mass is 19.1. The van der Waals surface area contributed by atoms with Crippen LogP contribution < -0.4 is 25.4 Å². The SMILES string of the molecule is CO[C@@H](C)COc1nc(N2CC(C#N)C2)c2cc(C3CC3)c(-c3c(C)c(F)cc4[nH]ncc34)c(OCc3ccc(C(=O)N4CCN(Cc5ccc6c(c5)n(C)c(=O)n6C5CCC(=O)NC5=O)C[C@@H]4C)cc3)c2n1. The van der Waals surface area contributed by atoms with Crippen molar-refractivity contribution in [3.63, 3.8) is 0 Å². The maximum Gasteiger partial charge on any atom is 0.329 e. The molecule has 3 saturated heterocycles. The van der Waals surface area contributed by atoms with Crippen molar-refractivity contribution in [3.05, 3.63) is 105 Å². The number of aromatic nitrogens is 6. The van der Waals surface area contributed by atoms with Crippen LogP contribution in [0, 0.1) is 30.0 Å². The molecule has 3 amide bonds. The zero-order chi connectivity index (χ0) is 50.8. The first-order valence-electron chi connectivity index (χ1n) is 24.9. The van der Waals surface area contributed by atoms with Crippen molar-refractivity contribution in [2.24, 2.45) is 13.0 Å². The van der Waals surface area contributed by atoms with E-state index in [0.717, 1.165) is 45.9 Å². The fourth-order valence-corrected chi connectivity index (χ4v) is 10.7. The number of halogens is 1. The van der Waals surface area contributed by atoms with E-state index in [1.807, 2.05) is 61.2 Å². The molecule has 3 atom stereocenters. The van der Waals surface area contributed by atoms with E-state index in [0.29, 0.717) is 89.6 Å². The minimum absolute atomic E-state index is 0.0777. The number of hydrogen-bond acceptors (Lipinski definition) is 13. The molecule has 1 aliphatic carbocycles. The first-order chi connectivity index (χ1) is 35.3. The van der Waals surface area contributed by atoms with Crippen LogP contribution in [0.25, 0.3) is 44.0 Å². The van der Waals surface area contributed by atoms with Gasteiger partial charge in [-0.05, 0) is 105 Å². The summed E-state index contributed by atoms with van der Waals surface area (Å²) in [4.78, 5) is 68.2. The van der Waals surface area contributed by atoms with E-state index in [1.54, 1.807) is 31.8 Å². The number of amides is 3. The fraction of sp³-hybridized carbons (Fsp3) is 0.407. The van der Waals surface area contributed by atoms with Gasteiger partial charge in [0.05, 0.1) is 40.8 Å². The van der Waals surface area contributed by atoms with Gasteiger partial charge >= 0.3 is 11.7 Å². The molecule has 376 valence electrons. The van der Waals surface area contributed by atoms with Gasteiger partial charge in [0.15, 0.2) is 5.75 Å². The summed E-state index contributed by atoms with van der Waals surface area (Å²) in [5.41, 5.74) is 7.25. The number of anilines is 1. The topological polar surface area (TPSA) is 206 Å². The predicted molar refractivity (Wildman–Crippen MR) is 270 cm³/mol. The Balaban J connectivity index is 0.852. The van der Waals surface area contributed by atoms with Crippen LogP contribution in [0.3, 0.4) is 0 Å². The van der Waals surface area contributed by atoms with Crippen LogP contribution in [0.4, 0.5) is 10.2 Å². The number of H-pyrrole nitrogens is 1. The molecule has 4 aliphatic rings. The first-order valence-corrected chi connectivity index (χ1v) is 24.9. The average molecular weight is 990 g/mol. The molecule has 3 aliphatic heterocycles. The summed E-state index contributed by atoms with van der Waals surface area (Å²) < 4.78 is 37.6. The van der Waals surface area contributed by atoms with Crippen molar-refractivity contribution in [2.45, 2.75) is 83.7 Å². The smallest absolute Gasteiger partial charge is 0.329 e. The van der Waals surface area contributed by atoms with Crippen molar-refractivity contribution >= 4 is 56.4 Å². The molecule has 6 heterocycles. The predicted octanol–water partition coefficient (Wildman–Crippen LogP) is 6.43. The molecule has 11 rings (SSSR count). The Morgan fingerprint density at radius 3 is 2.45 bits per heavy atom. The van der Waals surface area contributed by atoms with Gasteiger partial charge in [0.25, 0.3) is 5.91 Å². The van der Waals surface area contributed by atoms with Crippen LogP contribution >= 0.6 is 0 Å². The van der Waals surface area contributed by atoms with Crippen LogP contribution in [0.2, 0.25) is 0 Å². The molecule has 7 aromatic rings. The van der Waals surface area contributed by atoms with E-state index < -0.39 is 11.9 Å². The van der Waals surface area contributed by atoms with Crippen molar-refractivity contribution in [3.8, 4) is 29.0 Å².